The molecule has 5 nitrogen and oxygen atoms in total. The molecule has 2 unspecified atom stereocenters. The lowest BCUT2D eigenvalue weighted by Crippen LogP contribution is -2.60. The molecule has 0 aliphatic heterocycles. The number of imidazole rings is 1. The molecule has 5 heteroatoms. The number of carbonyl (C=O) groups excluding carboxylic acids is 1. The normalized spacial score (nSPS) is 26.3. The Balaban J connectivity index is 2.08. The van der Waals surface area contributed by atoms with Crippen LogP contribution >= 0.6 is 0 Å². The highest BCUT2D eigenvalue weighted by Gasteiger charge is 2.47. The molecule has 1 aromatic heterocycles. The van der Waals surface area contributed by atoms with Crippen LogP contribution in [0.15, 0.2) is 12.4 Å². The first-order chi connectivity index (χ1) is 9.45. The Morgan fingerprint density at radius 3 is 2.95 bits per heavy atom. The van der Waals surface area contributed by atoms with Gasteiger partial charge in [0.15, 0.2) is 0 Å². The van der Waals surface area contributed by atoms with Crippen molar-refractivity contribution in [2.75, 3.05) is 0 Å². The molecule has 0 saturated heterocycles. The lowest BCUT2D eigenvalue weighted by Gasteiger charge is -2.35. The Bertz CT molecular complexity index is 468. The first-order valence-corrected chi connectivity index (χ1v) is 7.51. The summed E-state index contributed by atoms with van der Waals surface area (Å²) in [6.07, 6.45) is 7.75. The minimum absolute atomic E-state index is 0.198. The average Bonchev–Trinajstić information content (AvgIpc) is 2.93. The fourth-order valence-corrected chi connectivity index (χ4v) is 3.50. The van der Waals surface area contributed by atoms with E-state index >= 15 is 0 Å². The van der Waals surface area contributed by atoms with E-state index in [1.807, 2.05) is 19.3 Å². The molecule has 2 atom stereocenters. The van der Waals surface area contributed by atoms with E-state index < -0.39 is 5.54 Å². The van der Waals surface area contributed by atoms with E-state index in [1.54, 1.807) is 0 Å². The molecule has 1 saturated carbocycles. The van der Waals surface area contributed by atoms with Crippen LogP contribution in [0.3, 0.4) is 0 Å². The number of amides is 1. The van der Waals surface area contributed by atoms with Crippen LogP contribution in [0.5, 0.6) is 0 Å². The van der Waals surface area contributed by atoms with Crippen LogP contribution in [0.25, 0.3) is 0 Å². The van der Waals surface area contributed by atoms with Crippen LogP contribution < -0.4 is 11.1 Å². The zero-order chi connectivity index (χ0) is 14.8. The van der Waals surface area contributed by atoms with Gasteiger partial charge < -0.3 is 15.6 Å². The van der Waals surface area contributed by atoms with Gasteiger partial charge in [0.25, 0.3) is 0 Å². The number of aromatic nitrogens is 2. The Hall–Kier alpha value is -1.36. The quantitative estimate of drug-likeness (QED) is 0.830. The zero-order valence-corrected chi connectivity index (χ0v) is 12.7. The van der Waals surface area contributed by atoms with E-state index in [2.05, 4.69) is 28.7 Å². The Labute approximate surface area is 120 Å². The number of aryl methyl sites for hydroxylation is 2. The second-order valence-electron chi connectivity index (χ2n) is 6.18. The molecule has 2 rings (SSSR count). The van der Waals surface area contributed by atoms with Crippen molar-refractivity contribution in [3.63, 3.8) is 0 Å². The lowest BCUT2D eigenvalue weighted by molar-refractivity contribution is -0.126. The molecule has 3 N–H and O–H groups in total. The number of carbonyl (C=O) groups is 1. The largest absolute Gasteiger partial charge is 0.368 e. The zero-order valence-electron chi connectivity index (χ0n) is 12.7. The number of hydrogen-bond donors (Lipinski definition) is 2. The van der Waals surface area contributed by atoms with E-state index in [0.29, 0.717) is 5.92 Å². The van der Waals surface area contributed by atoms with Crippen LogP contribution in [0.1, 0.15) is 45.4 Å². The maximum absolute atomic E-state index is 12.0. The van der Waals surface area contributed by atoms with Crippen molar-refractivity contribution >= 4 is 5.91 Å². The van der Waals surface area contributed by atoms with Gasteiger partial charge in [-0.25, -0.2) is 4.98 Å². The number of nitrogens with one attached hydrogen (secondary N) is 1. The molecule has 0 aromatic carbocycles. The highest BCUT2D eigenvalue weighted by Crippen LogP contribution is 2.38. The maximum Gasteiger partial charge on any atom is 0.238 e. The van der Waals surface area contributed by atoms with Gasteiger partial charge in [-0.05, 0) is 46.0 Å². The smallest absolute Gasteiger partial charge is 0.238 e. The van der Waals surface area contributed by atoms with Gasteiger partial charge in [-0.2, -0.15) is 0 Å². The molecular weight excluding hydrogens is 252 g/mol. The van der Waals surface area contributed by atoms with Gasteiger partial charge >= 0.3 is 0 Å². The summed E-state index contributed by atoms with van der Waals surface area (Å²) in [5.41, 5.74) is 5.20. The van der Waals surface area contributed by atoms with Gasteiger partial charge in [0, 0.05) is 25.0 Å². The van der Waals surface area contributed by atoms with Crippen LogP contribution in [0.2, 0.25) is 0 Å². The molecule has 1 heterocycles. The molecule has 1 aliphatic carbocycles. The van der Waals surface area contributed by atoms with Crippen molar-refractivity contribution in [1.82, 2.24) is 14.9 Å². The minimum atomic E-state index is -0.525. The summed E-state index contributed by atoms with van der Waals surface area (Å²) in [5.74, 6) is 1.13. The molecule has 1 aliphatic rings. The third-order valence-corrected chi connectivity index (χ3v) is 4.45. The summed E-state index contributed by atoms with van der Waals surface area (Å²) in [7, 11) is 0. The summed E-state index contributed by atoms with van der Waals surface area (Å²) in [5, 5.41) is 3.45. The number of primary amides is 1. The Morgan fingerprint density at radius 2 is 2.40 bits per heavy atom. The minimum Gasteiger partial charge on any atom is -0.368 e. The molecule has 1 fully saturated rings. The van der Waals surface area contributed by atoms with Gasteiger partial charge in [0.05, 0.1) is 0 Å². The third kappa shape index (κ3) is 2.87. The summed E-state index contributed by atoms with van der Waals surface area (Å²) in [6, 6.07) is 0.262. The highest BCUT2D eigenvalue weighted by molar-refractivity contribution is 5.85. The van der Waals surface area contributed by atoms with Gasteiger partial charge in [-0.3, -0.25) is 4.79 Å². The fraction of sp³-hybridized carbons (Fsp3) is 0.733. The molecular formula is C15H26N4O. The molecule has 1 amide bonds. The highest BCUT2D eigenvalue weighted by atomic mass is 16.1. The Morgan fingerprint density at radius 1 is 1.65 bits per heavy atom. The van der Waals surface area contributed by atoms with Crippen LogP contribution in [0, 0.1) is 12.8 Å². The predicted octanol–water partition coefficient (Wildman–Crippen LogP) is 1.60. The number of nitrogens with two attached hydrogens (primary N) is 1. The molecule has 0 bridgehead atoms. The van der Waals surface area contributed by atoms with E-state index in [4.69, 9.17) is 5.73 Å². The van der Waals surface area contributed by atoms with E-state index in [-0.39, 0.29) is 11.9 Å². The predicted molar refractivity (Wildman–Crippen MR) is 79.1 cm³/mol. The topological polar surface area (TPSA) is 72.9 Å². The SMILES string of the molecule is Cc1nccn1CCC1CCCC1(NC(C)C)C(N)=O. The second-order valence-corrected chi connectivity index (χ2v) is 6.18. The van der Waals surface area contributed by atoms with Crippen molar-refractivity contribution in [2.24, 2.45) is 11.7 Å². The first-order valence-electron chi connectivity index (χ1n) is 7.51. The number of rotatable bonds is 6. The number of hydrogen-bond acceptors (Lipinski definition) is 3. The van der Waals surface area contributed by atoms with Crippen molar-refractivity contribution in [2.45, 2.75) is 64.6 Å². The summed E-state index contributed by atoms with van der Waals surface area (Å²) in [4.78, 5) is 16.3. The van der Waals surface area contributed by atoms with Crippen molar-refractivity contribution in [1.29, 1.82) is 0 Å². The van der Waals surface area contributed by atoms with Crippen LogP contribution in [-0.4, -0.2) is 27.0 Å². The molecule has 20 heavy (non-hydrogen) atoms. The maximum atomic E-state index is 12.0. The van der Waals surface area contributed by atoms with Gasteiger partial charge in [-0.15, -0.1) is 0 Å². The molecule has 0 spiro atoms. The molecule has 112 valence electrons. The fourth-order valence-electron chi connectivity index (χ4n) is 3.50. The second kappa shape index (κ2) is 5.95. The van der Waals surface area contributed by atoms with E-state index in [1.165, 1.54) is 0 Å². The van der Waals surface area contributed by atoms with Crippen molar-refractivity contribution in [3.05, 3.63) is 18.2 Å². The first kappa shape index (κ1) is 15.0. The van der Waals surface area contributed by atoms with E-state index in [0.717, 1.165) is 38.1 Å². The van der Waals surface area contributed by atoms with E-state index in [9.17, 15) is 4.79 Å². The average molecular weight is 278 g/mol. The van der Waals surface area contributed by atoms with Crippen LogP contribution in [-0.2, 0) is 11.3 Å². The summed E-state index contributed by atoms with van der Waals surface area (Å²) >= 11 is 0. The molecule has 0 radical (unpaired) electrons. The third-order valence-electron chi connectivity index (χ3n) is 4.45. The lowest BCUT2D eigenvalue weighted by atomic mass is 9.83. The number of nitrogens with zero attached hydrogens (tertiary/aromatic N) is 2. The monoisotopic (exact) mass is 278 g/mol. The standard InChI is InChI=1S/C15H26N4O/c1-11(2)18-15(14(16)20)7-4-5-13(15)6-9-19-10-8-17-12(19)3/h8,10-11,13,18H,4-7,9H2,1-3H3,(H2,16,20). The van der Waals surface area contributed by atoms with Crippen LogP contribution in [0.4, 0.5) is 0 Å². The van der Waals surface area contributed by atoms with Gasteiger partial charge in [0.2, 0.25) is 5.91 Å². The van der Waals surface area contributed by atoms with Gasteiger partial charge in [0.1, 0.15) is 11.4 Å². The Kier molecular flexibility index (Phi) is 4.48. The van der Waals surface area contributed by atoms with Crippen molar-refractivity contribution < 1.29 is 4.79 Å². The molecule has 1 aromatic rings. The summed E-state index contributed by atoms with van der Waals surface area (Å²) < 4.78 is 2.14. The van der Waals surface area contributed by atoms with Crippen molar-refractivity contribution in [3.8, 4) is 0 Å². The summed E-state index contributed by atoms with van der Waals surface area (Å²) in [6.45, 7) is 7.04. The van der Waals surface area contributed by atoms with Gasteiger partial charge in [-0.1, -0.05) is 6.42 Å².